The van der Waals surface area contributed by atoms with E-state index in [0.717, 1.165) is 4.90 Å². The Hall–Kier alpha value is -2.14. The molecule has 5 nitrogen and oxygen atoms in total. The Kier molecular flexibility index (Phi) is 3.29. The number of fused-ring (bicyclic) bond motifs is 1. The lowest BCUT2D eigenvalue weighted by atomic mass is 9.85. The van der Waals surface area contributed by atoms with Crippen molar-refractivity contribution in [3.63, 3.8) is 0 Å². The first-order chi connectivity index (χ1) is 10.0. The molecule has 2 aliphatic rings. The van der Waals surface area contributed by atoms with Crippen LogP contribution in [-0.4, -0.2) is 22.9 Å². The van der Waals surface area contributed by atoms with Gasteiger partial charge in [0.15, 0.2) is 0 Å². The molecule has 1 fully saturated rings. The van der Waals surface area contributed by atoms with E-state index in [4.69, 9.17) is 11.6 Å². The standard InChI is InChI=1S/C15H12ClNO4/c16-10-6-3-7-11(12(10)15(20)21)17-13(18)8-4-1-2-5-9(8)14(17)19/h1-3,6-9H,4-5H2,(H,20,21)/t8-,9+. The highest BCUT2D eigenvalue weighted by molar-refractivity contribution is 6.35. The molecule has 1 aliphatic carbocycles. The molecule has 1 N–H and O–H groups in total. The molecule has 2 amide bonds. The molecule has 3 rings (SSSR count). The minimum Gasteiger partial charge on any atom is -0.478 e. The number of halogens is 1. The highest BCUT2D eigenvalue weighted by Gasteiger charge is 2.48. The molecule has 6 heteroatoms. The van der Waals surface area contributed by atoms with Gasteiger partial charge in [-0.25, -0.2) is 9.69 Å². The Morgan fingerprint density at radius 1 is 1.14 bits per heavy atom. The van der Waals surface area contributed by atoms with Gasteiger partial charge < -0.3 is 5.11 Å². The summed E-state index contributed by atoms with van der Waals surface area (Å²) in [6, 6.07) is 4.40. The van der Waals surface area contributed by atoms with E-state index in [2.05, 4.69) is 0 Å². The van der Waals surface area contributed by atoms with Crippen LogP contribution in [0.3, 0.4) is 0 Å². The summed E-state index contributed by atoms with van der Waals surface area (Å²) in [5.74, 6) is -2.76. The van der Waals surface area contributed by atoms with Crippen LogP contribution in [0.4, 0.5) is 5.69 Å². The van der Waals surface area contributed by atoms with Crippen molar-refractivity contribution in [3.05, 3.63) is 40.9 Å². The third-order valence-corrected chi connectivity index (χ3v) is 4.27. The second-order valence-electron chi connectivity index (χ2n) is 5.11. The number of hydrogen-bond donors (Lipinski definition) is 1. The normalized spacial score (nSPS) is 24.3. The molecule has 0 radical (unpaired) electrons. The Morgan fingerprint density at radius 2 is 1.71 bits per heavy atom. The van der Waals surface area contributed by atoms with E-state index in [1.807, 2.05) is 12.2 Å². The molecule has 0 unspecified atom stereocenters. The van der Waals surface area contributed by atoms with Gasteiger partial charge >= 0.3 is 5.97 Å². The fraction of sp³-hybridized carbons (Fsp3) is 0.267. The summed E-state index contributed by atoms with van der Waals surface area (Å²) >= 11 is 5.91. The largest absolute Gasteiger partial charge is 0.478 e. The van der Waals surface area contributed by atoms with E-state index in [9.17, 15) is 19.5 Å². The summed E-state index contributed by atoms with van der Waals surface area (Å²) in [5.41, 5.74) is -0.160. The molecule has 108 valence electrons. The first-order valence-corrected chi connectivity index (χ1v) is 6.94. The maximum atomic E-state index is 12.5. The lowest BCUT2D eigenvalue weighted by molar-refractivity contribution is -0.122. The van der Waals surface area contributed by atoms with Gasteiger partial charge in [-0.05, 0) is 25.0 Å². The number of amides is 2. The van der Waals surface area contributed by atoms with Crippen molar-refractivity contribution in [2.24, 2.45) is 11.8 Å². The number of benzene rings is 1. The zero-order chi connectivity index (χ0) is 15.1. The van der Waals surface area contributed by atoms with Crippen LogP contribution < -0.4 is 4.90 Å². The number of carbonyl (C=O) groups excluding carboxylic acids is 2. The van der Waals surface area contributed by atoms with E-state index in [-0.39, 0.29) is 28.1 Å². The first kappa shape index (κ1) is 13.8. The maximum absolute atomic E-state index is 12.5. The van der Waals surface area contributed by atoms with Gasteiger partial charge in [0.05, 0.1) is 22.5 Å². The van der Waals surface area contributed by atoms with E-state index >= 15 is 0 Å². The third-order valence-electron chi connectivity index (χ3n) is 3.95. The summed E-state index contributed by atoms with van der Waals surface area (Å²) in [7, 11) is 0. The number of carbonyl (C=O) groups is 3. The van der Waals surface area contributed by atoms with Crippen molar-refractivity contribution in [1.29, 1.82) is 0 Å². The van der Waals surface area contributed by atoms with Gasteiger partial charge in [0.2, 0.25) is 11.8 Å². The van der Waals surface area contributed by atoms with Gasteiger partial charge in [0.1, 0.15) is 5.56 Å². The molecule has 1 saturated heterocycles. The Labute approximate surface area is 125 Å². The summed E-state index contributed by atoms with van der Waals surface area (Å²) < 4.78 is 0. The number of aromatic carboxylic acids is 1. The van der Waals surface area contributed by atoms with E-state index < -0.39 is 17.8 Å². The number of nitrogens with zero attached hydrogens (tertiary/aromatic N) is 1. The highest BCUT2D eigenvalue weighted by Crippen LogP contribution is 2.39. The Bertz CT molecular complexity index is 656. The van der Waals surface area contributed by atoms with Crippen LogP contribution in [0.15, 0.2) is 30.4 Å². The Balaban J connectivity index is 2.10. The molecule has 1 heterocycles. The monoisotopic (exact) mass is 305 g/mol. The fourth-order valence-corrected chi connectivity index (χ4v) is 3.20. The maximum Gasteiger partial charge on any atom is 0.339 e. The predicted molar refractivity (Wildman–Crippen MR) is 76.3 cm³/mol. The summed E-state index contributed by atoms with van der Waals surface area (Å²) in [4.78, 5) is 37.3. The predicted octanol–water partition coefficient (Wildman–Crippen LogP) is 2.49. The molecule has 0 bridgehead atoms. The summed E-state index contributed by atoms with van der Waals surface area (Å²) in [6.45, 7) is 0. The second-order valence-corrected chi connectivity index (χ2v) is 5.51. The third kappa shape index (κ3) is 2.05. The molecule has 0 spiro atoms. The van der Waals surface area contributed by atoms with E-state index in [1.165, 1.54) is 18.2 Å². The quantitative estimate of drug-likeness (QED) is 0.673. The lowest BCUT2D eigenvalue weighted by Crippen LogP contribution is -2.32. The number of anilines is 1. The average molecular weight is 306 g/mol. The lowest BCUT2D eigenvalue weighted by Gasteiger charge is -2.17. The number of carboxylic acid groups (broad SMARTS) is 1. The van der Waals surface area contributed by atoms with Crippen molar-refractivity contribution in [3.8, 4) is 0 Å². The molecule has 21 heavy (non-hydrogen) atoms. The topological polar surface area (TPSA) is 74.7 Å². The minimum atomic E-state index is -1.26. The number of allylic oxidation sites excluding steroid dienone is 2. The van der Waals surface area contributed by atoms with Gasteiger partial charge in [0.25, 0.3) is 0 Å². The van der Waals surface area contributed by atoms with Crippen LogP contribution >= 0.6 is 11.6 Å². The van der Waals surface area contributed by atoms with Crippen molar-refractivity contribution < 1.29 is 19.5 Å². The molecule has 2 atom stereocenters. The molecular formula is C15H12ClNO4. The minimum absolute atomic E-state index is 0.00796. The smallest absolute Gasteiger partial charge is 0.339 e. The summed E-state index contributed by atoms with van der Waals surface area (Å²) in [5, 5.41) is 9.30. The van der Waals surface area contributed by atoms with Crippen LogP contribution in [0.25, 0.3) is 0 Å². The Morgan fingerprint density at radius 3 is 2.24 bits per heavy atom. The molecule has 1 aromatic carbocycles. The van der Waals surface area contributed by atoms with Gasteiger partial charge in [-0.15, -0.1) is 0 Å². The molecule has 1 aromatic rings. The summed E-state index contributed by atoms with van der Waals surface area (Å²) in [6.07, 6.45) is 4.78. The number of rotatable bonds is 2. The molecule has 1 aliphatic heterocycles. The second kappa shape index (κ2) is 5.00. The first-order valence-electron chi connectivity index (χ1n) is 6.57. The van der Waals surface area contributed by atoms with Gasteiger partial charge in [-0.3, -0.25) is 9.59 Å². The number of imide groups is 1. The van der Waals surface area contributed by atoms with Crippen molar-refractivity contribution in [2.45, 2.75) is 12.8 Å². The zero-order valence-electron chi connectivity index (χ0n) is 11.0. The SMILES string of the molecule is O=C(O)c1c(Cl)cccc1N1C(=O)[C@H]2CC=CC[C@H]2C1=O. The highest BCUT2D eigenvalue weighted by atomic mass is 35.5. The van der Waals surface area contributed by atoms with E-state index in [1.54, 1.807) is 0 Å². The molecule has 0 aromatic heterocycles. The molecular weight excluding hydrogens is 294 g/mol. The number of hydrogen-bond acceptors (Lipinski definition) is 3. The zero-order valence-corrected chi connectivity index (χ0v) is 11.7. The van der Waals surface area contributed by atoms with E-state index in [0.29, 0.717) is 12.8 Å². The van der Waals surface area contributed by atoms with Crippen LogP contribution in [0.5, 0.6) is 0 Å². The van der Waals surface area contributed by atoms with Crippen LogP contribution in [-0.2, 0) is 9.59 Å². The van der Waals surface area contributed by atoms with Crippen molar-refractivity contribution in [1.82, 2.24) is 0 Å². The van der Waals surface area contributed by atoms with Gasteiger partial charge in [0, 0.05) is 0 Å². The van der Waals surface area contributed by atoms with Gasteiger partial charge in [-0.2, -0.15) is 0 Å². The van der Waals surface area contributed by atoms with Crippen LogP contribution in [0.2, 0.25) is 5.02 Å². The van der Waals surface area contributed by atoms with Crippen molar-refractivity contribution >= 4 is 35.1 Å². The van der Waals surface area contributed by atoms with Crippen molar-refractivity contribution in [2.75, 3.05) is 4.90 Å². The molecule has 0 saturated carbocycles. The van der Waals surface area contributed by atoms with Gasteiger partial charge in [-0.1, -0.05) is 29.8 Å². The van der Waals surface area contributed by atoms with Crippen LogP contribution in [0, 0.1) is 11.8 Å². The number of carboxylic acids is 1. The van der Waals surface area contributed by atoms with Crippen LogP contribution in [0.1, 0.15) is 23.2 Å². The average Bonchev–Trinajstić information content (AvgIpc) is 2.71. The fourth-order valence-electron chi connectivity index (χ4n) is 2.95.